The Labute approximate surface area is 321 Å². The van der Waals surface area contributed by atoms with Gasteiger partial charge in [0.1, 0.15) is 24.7 Å². The average molecular weight is 988 g/mol. The van der Waals surface area contributed by atoms with E-state index in [-0.39, 0.29) is 49.1 Å². The summed E-state index contributed by atoms with van der Waals surface area (Å²) in [5.41, 5.74) is 0.310. The van der Waals surface area contributed by atoms with Crippen LogP contribution in [0.25, 0.3) is 0 Å². The molecule has 1 aromatic heterocycles. The minimum atomic E-state index is -2.88. The number of aromatic nitrogens is 1. The summed E-state index contributed by atoms with van der Waals surface area (Å²) in [4.78, 5) is 16.7. The van der Waals surface area contributed by atoms with Gasteiger partial charge in [-0.25, -0.2) is 0 Å². The summed E-state index contributed by atoms with van der Waals surface area (Å²) in [6, 6.07) is 19.9. The van der Waals surface area contributed by atoms with Gasteiger partial charge in [0.05, 0.1) is 15.8 Å². The molecule has 0 aliphatic heterocycles. The zero-order valence-corrected chi connectivity index (χ0v) is 34.8. The highest BCUT2D eigenvalue weighted by molar-refractivity contribution is 9.40. The van der Waals surface area contributed by atoms with E-state index in [4.69, 9.17) is 69.7 Å². The van der Waals surface area contributed by atoms with Crippen LogP contribution >= 0.6 is 105 Å². The molecule has 0 N–H and O–H groups in total. The summed E-state index contributed by atoms with van der Waals surface area (Å²) in [6.45, 7) is 1.16. The third-order valence-corrected chi connectivity index (χ3v) is 14.7. The number of pyridine rings is 1. The van der Waals surface area contributed by atoms with Crippen molar-refractivity contribution in [3.8, 4) is 23.4 Å². The Morgan fingerprint density at radius 1 is 1.02 bits per heavy atom. The average Bonchev–Trinajstić information content (AvgIpc) is 3.59. The number of nitrogens with zero attached hydrogens (tertiary/aromatic N) is 2. The number of ether oxygens (including phenoxy) is 2. The van der Waals surface area contributed by atoms with Gasteiger partial charge in [0.2, 0.25) is 12.0 Å². The predicted octanol–water partition coefficient (Wildman–Crippen LogP) is 11.4. The van der Waals surface area contributed by atoms with Crippen molar-refractivity contribution in [2.24, 2.45) is 17.3 Å². The monoisotopic (exact) mass is 982 g/mol. The van der Waals surface area contributed by atoms with Gasteiger partial charge in [0.15, 0.2) is 5.15 Å². The van der Waals surface area contributed by atoms with Crippen molar-refractivity contribution < 1.29 is 27.8 Å². The van der Waals surface area contributed by atoms with Crippen LogP contribution in [0.15, 0.2) is 60.7 Å². The number of hydrogen-bond acceptors (Lipinski definition) is 9. The summed E-state index contributed by atoms with van der Waals surface area (Å²) < 4.78 is 26.0. The predicted molar refractivity (Wildman–Crippen MR) is 199 cm³/mol. The van der Waals surface area contributed by atoms with Gasteiger partial charge < -0.3 is 23.0 Å². The lowest BCUT2D eigenvalue weighted by Crippen LogP contribution is -2.23. The lowest BCUT2D eigenvalue weighted by atomic mass is 10.1. The largest absolute Gasteiger partial charge is 0.457 e. The Balaban J connectivity index is 0.000000304. The molecule has 0 radical (unpaired) electrons. The Hall–Kier alpha value is -0.490. The van der Waals surface area contributed by atoms with E-state index in [2.05, 4.69) is 74.8 Å². The van der Waals surface area contributed by atoms with Gasteiger partial charge in [-0.15, -0.1) is 0 Å². The number of esters is 1. The molecule has 2 aromatic carbocycles. The highest BCUT2D eigenvalue weighted by Crippen LogP contribution is 2.66. The number of benzene rings is 2. The van der Waals surface area contributed by atoms with Crippen LogP contribution in [-0.4, -0.2) is 32.1 Å². The molecule has 0 amide bonds. The van der Waals surface area contributed by atoms with Crippen LogP contribution in [0, 0.1) is 28.6 Å². The molecule has 3 aromatic rings. The molecule has 1 aliphatic carbocycles. The fourth-order valence-electron chi connectivity index (χ4n) is 4.35. The van der Waals surface area contributed by atoms with Gasteiger partial charge >= 0.3 is 12.7 Å². The van der Waals surface area contributed by atoms with Gasteiger partial charge in [-0.1, -0.05) is 143 Å². The van der Waals surface area contributed by atoms with Gasteiger partial charge in [0.25, 0.3) is 0 Å². The van der Waals surface area contributed by atoms with Crippen molar-refractivity contribution >= 4 is 123 Å². The molecule has 8 nitrogen and oxygen atoms in total. The van der Waals surface area contributed by atoms with Crippen molar-refractivity contribution in [2.45, 2.75) is 26.9 Å². The van der Waals surface area contributed by atoms with E-state index in [0.29, 0.717) is 17.1 Å². The van der Waals surface area contributed by atoms with Gasteiger partial charge in [-0.05, 0) is 41.7 Å². The molecule has 1 heterocycles. The Morgan fingerprint density at radius 2 is 1.63 bits per heavy atom. The number of carbonyl (C=O) groups is 1. The molecule has 4 atom stereocenters. The van der Waals surface area contributed by atoms with Crippen molar-refractivity contribution in [3.63, 3.8) is 0 Å². The lowest BCUT2D eigenvalue weighted by Gasteiger charge is -2.21. The van der Waals surface area contributed by atoms with Crippen LogP contribution < -0.4 is 9.26 Å². The maximum Gasteiger partial charge on any atom is 0.381 e. The SMILES string of the molecule is CC1(C)[C@H](C(=O)O[C@H](C#N)c2cccc(Oc3ccccc3)c2)[C@@H]1C(Br)C(Br)(Br)Br.COP(=S)(OC)Oc1nc(Cl)c(Cl)cc1Cl. The molecule has 0 bridgehead atoms. The smallest absolute Gasteiger partial charge is 0.381 e. The zero-order valence-electron chi connectivity index (χ0n) is 24.4. The first-order valence-corrected chi connectivity index (χ1v) is 20.0. The van der Waals surface area contributed by atoms with Crippen molar-refractivity contribution in [2.75, 3.05) is 14.2 Å². The minimum absolute atomic E-state index is 0.0233. The zero-order chi connectivity index (χ0) is 34.4. The maximum atomic E-state index is 12.9. The van der Waals surface area contributed by atoms with E-state index in [1.165, 1.54) is 20.3 Å². The van der Waals surface area contributed by atoms with E-state index in [1.54, 1.807) is 24.3 Å². The van der Waals surface area contributed by atoms with E-state index in [9.17, 15) is 10.1 Å². The number of halogens is 7. The fourth-order valence-corrected chi connectivity index (χ4v) is 7.63. The van der Waals surface area contributed by atoms with Crippen LogP contribution in [0.4, 0.5) is 0 Å². The number of para-hydroxylation sites is 1. The first-order chi connectivity index (χ1) is 21.5. The third kappa shape index (κ3) is 10.5. The van der Waals surface area contributed by atoms with Crippen molar-refractivity contribution in [1.29, 1.82) is 5.26 Å². The number of carbonyl (C=O) groups excluding carboxylic acids is 1. The van der Waals surface area contributed by atoms with E-state index < -0.39 is 15.0 Å². The first kappa shape index (κ1) is 39.9. The topological polar surface area (TPSA) is 99.9 Å². The molecule has 17 heteroatoms. The Bertz CT molecular complexity index is 1620. The summed E-state index contributed by atoms with van der Waals surface area (Å²) in [5, 5.41) is 10.1. The van der Waals surface area contributed by atoms with Crippen LogP contribution in [0.1, 0.15) is 25.5 Å². The molecular weight excluding hydrogens is 961 g/mol. The first-order valence-electron chi connectivity index (χ1n) is 13.0. The molecule has 0 saturated heterocycles. The fraction of sp³-hybridized carbons (Fsp3) is 0.345. The summed E-state index contributed by atoms with van der Waals surface area (Å²) in [6.07, 6.45) is -1.01. The van der Waals surface area contributed by atoms with Gasteiger partial charge in [-0.2, -0.15) is 10.2 Å². The lowest BCUT2D eigenvalue weighted by molar-refractivity contribution is -0.149. The molecule has 1 unspecified atom stereocenters. The van der Waals surface area contributed by atoms with Crippen LogP contribution in [0.5, 0.6) is 17.4 Å². The maximum absolute atomic E-state index is 12.9. The van der Waals surface area contributed by atoms with Crippen LogP contribution in [0.3, 0.4) is 0 Å². The van der Waals surface area contributed by atoms with E-state index in [1.807, 2.05) is 44.2 Å². The quantitative estimate of drug-likeness (QED) is 0.0851. The van der Waals surface area contributed by atoms with Gasteiger partial charge in [-0.3, -0.25) is 4.79 Å². The molecule has 4 rings (SSSR count). The molecule has 1 saturated carbocycles. The number of alkyl halides is 4. The molecular formula is C29H26Br4Cl3N2O6PS. The highest BCUT2D eigenvalue weighted by atomic mass is 80.0. The van der Waals surface area contributed by atoms with Crippen molar-refractivity contribution in [3.05, 3.63) is 81.4 Å². The van der Waals surface area contributed by atoms with E-state index >= 15 is 0 Å². The minimum Gasteiger partial charge on any atom is -0.457 e. The Morgan fingerprint density at radius 3 is 2.20 bits per heavy atom. The standard InChI is InChI=1S/C22H19Br4NO3.C7H7Cl3NO3PS/c1-21(2)17(19(23)22(24,25)26)18(21)20(28)30-16(12-27)13-7-6-10-15(11-13)29-14-8-4-3-5-9-14;1-12-15(16,13-2)14-7-5(9)3-4(8)6(10)11-7/h3-11,16-19H,1-2H3;3H,1-2H3/t16-,17-,18+,19?;/m1./s1. The van der Waals surface area contributed by atoms with Gasteiger partial charge in [0, 0.05) is 31.6 Å². The number of rotatable bonds is 10. The number of hydrogen-bond donors (Lipinski definition) is 0. The second-order valence-corrected chi connectivity index (χ2v) is 22.4. The second-order valence-electron chi connectivity index (χ2n) is 10.2. The third-order valence-electron chi connectivity index (χ3n) is 6.78. The summed E-state index contributed by atoms with van der Waals surface area (Å²) >= 11 is 36.5. The van der Waals surface area contributed by atoms with Crippen LogP contribution in [-0.2, 0) is 30.4 Å². The summed E-state index contributed by atoms with van der Waals surface area (Å²) in [5.74, 6) is 0.607. The molecule has 46 heavy (non-hydrogen) atoms. The molecule has 0 spiro atoms. The second kappa shape index (κ2) is 16.9. The molecule has 1 fully saturated rings. The van der Waals surface area contributed by atoms with E-state index in [0.717, 1.165) is 0 Å². The molecule has 248 valence electrons. The van der Waals surface area contributed by atoms with Crippen LogP contribution in [0.2, 0.25) is 15.2 Å². The highest BCUT2D eigenvalue weighted by Gasteiger charge is 2.67. The number of nitriles is 1. The summed E-state index contributed by atoms with van der Waals surface area (Å²) in [7, 11) is 2.74. The normalized spacial score (nSPS) is 18.2. The molecule has 1 aliphatic rings. The Kier molecular flexibility index (Phi) is 14.7. The van der Waals surface area contributed by atoms with Crippen molar-refractivity contribution in [1.82, 2.24) is 4.98 Å².